The summed E-state index contributed by atoms with van der Waals surface area (Å²) in [6.07, 6.45) is 10.1. The number of carbonyl (C=O) groups is 1. The van der Waals surface area contributed by atoms with Gasteiger partial charge < -0.3 is 4.90 Å². The Morgan fingerprint density at radius 2 is 2.22 bits per heavy atom. The molecule has 3 rings (SSSR count). The van der Waals surface area contributed by atoms with Gasteiger partial charge in [-0.1, -0.05) is 12.2 Å². The minimum atomic E-state index is 0.200. The number of carbonyl (C=O) groups excluding carboxylic acids is 1. The first-order chi connectivity index (χ1) is 8.84. The molecular formula is C14H19N3O. The maximum absolute atomic E-state index is 12.4. The Hall–Kier alpha value is -1.58. The van der Waals surface area contributed by atoms with E-state index >= 15 is 0 Å². The Labute approximate surface area is 107 Å². The van der Waals surface area contributed by atoms with E-state index in [2.05, 4.69) is 22.3 Å². The molecule has 18 heavy (non-hydrogen) atoms. The van der Waals surface area contributed by atoms with Crippen molar-refractivity contribution in [1.82, 2.24) is 15.1 Å². The highest BCUT2D eigenvalue weighted by Crippen LogP contribution is 2.28. The summed E-state index contributed by atoms with van der Waals surface area (Å²) < 4.78 is 0. The average molecular weight is 245 g/mol. The number of allylic oxidation sites excluding steroid dienone is 2. The molecular weight excluding hydrogens is 226 g/mol. The average Bonchev–Trinajstić information content (AvgIpc) is 3.11. The van der Waals surface area contributed by atoms with Gasteiger partial charge in [-0.3, -0.25) is 9.89 Å². The number of aromatic nitrogens is 2. The first-order valence-corrected chi connectivity index (χ1v) is 6.77. The van der Waals surface area contributed by atoms with Gasteiger partial charge in [-0.2, -0.15) is 5.10 Å². The lowest BCUT2D eigenvalue weighted by Gasteiger charge is -2.33. The van der Waals surface area contributed by atoms with Crippen LogP contribution in [0.4, 0.5) is 0 Å². The van der Waals surface area contributed by atoms with Crippen LogP contribution in [0.15, 0.2) is 24.4 Å². The lowest BCUT2D eigenvalue weighted by molar-refractivity contribution is -0.136. The van der Waals surface area contributed by atoms with Crippen molar-refractivity contribution in [2.75, 3.05) is 13.1 Å². The summed E-state index contributed by atoms with van der Waals surface area (Å²) in [7, 11) is 0. The Kier molecular flexibility index (Phi) is 3.17. The Morgan fingerprint density at radius 3 is 2.94 bits per heavy atom. The second kappa shape index (κ2) is 4.96. The highest BCUT2D eigenvalue weighted by molar-refractivity contribution is 5.79. The number of rotatable bonds is 2. The highest BCUT2D eigenvalue weighted by atomic mass is 16.2. The zero-order valence-corrected chi connectivity index (χ0v) is 10.5. The van der Waals surface area contributed by atoms with Crippen LogP contribution in [-0.4, -0.2) is 34.1 Å². The van der Waals surface area contributed by atoms with E-state index in [4.69, 9.17) is 0 Å². The predicted molar refractivity (Wildman–Crippen MR) is 69.0 cm³/mol. The molecule has 1 amide bonds. The van der Waals surface area contributed by atoms with Gasteiger partial charge in [0.15, 0.2) is 0 Å². The van der Waals surface area contributed by atoms with Gasteiger partial charge >= 0.3 is 0 Å². The minimum absolute atomic E-state index is 0.200. The van der Waals surface area contributed by atoms with Gasteiger partial charge in [0, 0.05) is 36.8 Å². The molecule has 1 aliphatic heterocycles. The van der Waals surface area contributed by atoms with Gasteiger partial charge in [0.25, 0.3) is 0 Å². The van der Waals surface area contributed by atoms with E-state index in [1.165, 1.54) is 0 Å². The smallest absolute Gasteiger partial charge is 0.226 e. The molecule has 4 heteroatoms. The van der Waals surface area contributed by atoms with Gasteiger partial charge in [0.1, 0.15) is 0 Å². The van der Waals surface area contributed by atoms with Gasteiger partial charge in [-0.15, -0.1) is 0 Å². The predicted octanol–water partition coefficient (Wildman–Crippen LogP) is 2.08. The molecule has 1 N–H and O–H groups in total. The molecule has 1 aromatic rings. The molecule has 4 nitrogen and oxygen atoms in total. The van der Waals surface area contributed by atoms with Crippen LogP contribution in [0.2, 0.25) is 0 Å². The Bertz CT molecular complexity index is 430. The number of nitrogens with one attached hydrogen (secondary N) is 1. The van der Waals surface area contributed by atoms with E-state index < -0.39 is 0 Å². The van der Waals surface area contributed by atoms with Gasteiger partial charge in [-0.05, 0) is 31.7 Å². The van der Waals surface area contributed by atoms with Crippen molar-refractivity contribution in [2.24, 2.45) is 5.92 Å². The summed E-state index contributed by atoms with van der Waals surface area (Å²) in [5.41, 5.74) is 1.16. The summed E-state index contributed by atoms with van der Waals surface area (Å²) >= 11 is 0. The number of hydrogen-bond donors (Lipinski definition) is 1. The molecule has 0 saturated carbocycles. The van der Waals surface area contributed by atoms with E-state index in [9.17, 15) is 4.79 Å². The van der Waals surface area contributed by atoms with Crippen LogP contribution >= 0.6 is 0 Å². The van der Waals surface area contributed by atoms with Crippen molar-refractivity contribution < 1.29 is 4.79 Å². The molecule has 0 aromatic carbocycles. The van der Waals surface area contributed by atoms with Crippen LogP contribution in [-0.2, 0) is 4.79 Å². The molecule has 2 heterocycles. The molecule has 1 saturated heterocycles. The van der Waals surface area contributed by atoms with Crippen molar-refractivity contribution >= 4 is 5.91 Å². The zero-order valence-electron chi connectivity index (χ0n) is 10.5. The lowest BCUT2D eigenvalue weighted by atomic mass is 9.93. The molecule has 1 aliphatic carbocycles. The zero-order chi connectivity index (χ0) is 12.4. The summed E-state index contributed by atoms with van der Waals surface area (Å²) in [4.78, 5) is 14.4. The molecule has 2 aliphatic rings. The van der Waals surface area contributed by atoms with Crippen LogP contribution in [0.5, 0.6) is 0 Å². The van der Waals surface area contributed by atoms with Crippen LogP contribution in [0.3, 0.4) is 0 Å². The third-order valence-electron chi connectivity index (χ3n) is 4.05. The fourth-order valence-corrected chi connectivity index (χ4v) is 3.00. The fraction of sp³-hybridized carbons (Fsp3) is 0.571. The molecule has 1 aromatic heterocycles. The SMILES string of the molecule is O=C(C1CC=CC1)N1CCCC(c2ccn[nH]2)C1. The number of amides is 1. The molecule has 96 valence electrons. The summed E-state index contributed by atoms with van der Waals surface area (Å²) in [5, 5.41) is 7.04. The molecule has 1 fully saturated rings. The topological polar surface area (TPSA) is 49.0 Å². The third-order valence-corrected chi connectivity index (χ3v) is 4.05. The van der Waals surface area contributed by atoms with E-state index in [1.54, 1.807) is 6.20 Å². The summed E-state index contributed by atoms with van der Waals surface area (Å²) in [6.45, 7) is 1.76. The van der Waals surface area contributed by atoms with E-state index in [1.807, 2.05) is 11.0 Å². The van der Waals surface area contributed by atoms with Crippen molar-refractivity contribution in [2.45, 2.75) is 31.6 Å². The second-order valence-corrected chi connectivity index (χ2v) is 5.28. The summed E-state index contributed by atoms with van der Waals surface area (Å²) in [5.74, 6) is 0.967. The Balaban J connectivity index is 1.65. The summed E-state index contributed by atoms with van der Waals surface area (Å²) in [6, 6.07) is 2.02. The first kappa shape index (κ1) is 11.5. The number of aromatic amines is 1. The largest absolute Gasteiger partial charge is 0.342 e. The number of H-pyrrole nitrogens is 1. The van der Waals surface area contributed by atoms with Crippen molar-refractivity contribution in [3.63, 3.8) is 0 Å². The Morgan fingerprint density at radius 1 is 1.39 bits per heavy atom. The first-order valence-electron chi connectivity index (χ1n) is 6.77. The van der Waals surface area contributed by atoms with Crippen LogP contribution in [0.25, 0.3) is 0 Å². The maximum Gasteiger partial charge on any atom is 0.226 e. The number of piperidine rings is 1. The van der Waals surface area contributed by atoms with Crippen molar-refractivity contribution in [1.29, 1.82) is 0 Å². The minimum Gasteiger partial charge on any atom is -0.342 e. The normalized spacial score (nSPS) is 24.7. The van der Waals surface area contributed by atoms with Gasteiger partial charge in [0.05, 0.1) is 0 Å². The lowest BCUT2D eigenvalue weighted by Crippen LogP contribution is -2.42. The van der Waals surface area contributed by atoms with E-state index in [0.717, 1.165) is 44.5 Å². The molecule has 1 atom stereocenters. The highest BCUT2D eigenvalue weighted by Gasteiger charge is 2.29. The molecule has 0 bridgehead atoms. The number of hydrogen-bond acceptors (Lipinski definition) is 2. The number of nitrogens with zero attached hydrogens (tertiary/aromatic N) is 2. The van der Waals surface area contributed by atoms with Crippen molar-refractivity contribution in [3.8, 4) is 0 Å². The quantitative estimate of drug-likeness (QED) is 0.811. The van der Waals surface area contributed by atoms with Crippen molar-refractivity contribution in [3.05, 3.63) is 30.1 Å². The molecule has 0 spiro atoms. The third kappa shape index (κ3) is 2.19. The van der Waals surface area contributed by atoms with E-state index in [-0.39, 0.29) is 5.92 Å². The van der Waals surface area contributed by atoms with Crippen LogP contribution in [0.1, 0.15) is 37.3 Å². The second-order valence-electron chi connectivity index (χ2n) is 5.28. The van der Waals surface area contributed by atoms with Crippen LogP contribution < -0.4 is 0 Å². The molecule has 1 unspecified atom stereocenters. The van der Waals surface area contributed by atoms with E-state index in [0.29, 0.717) is 11.8 Å². The monoisotopic (exact) mass is 245 g/mol. The number of likely N-dealkylation sites (tertiary alicyclic amines) is 1. The molecule has 0 radical (unpaired) electrons. The maximum atomic E-state index is 12.4. The van der Waals surface area contributed by atoms with Crippen LogP contribution in [0, 0.1) is 5.92 Å². The van der Waals surface area contributed by atoms with Gasteiger partial charge in [0.2, 0.25) is 5.91 Å². The fourth-order valence-electron chi connectivity index (χ4n) is 3.00. The standard InChI is InChI=1S/C14H19N3O/c18-14(11-4-1-2-5-11)17-9-3-6-12(10-17)13-7-8-15-16-13/h1-2,7-8,11-12H,3-6,9-10H2,(H,15,16). The van der Waals surface area contributed by atoms with Gasteiger partial charge in [-0.25, -0.2) is 0 Å².